The highest BCUT2D eigenvalue weighted by Gasteiger charge is 2.07. The van der Waals surface area contributed by atoms with E-state index < -0.39 is 0 Å². The Kier molecular flexibility index (Phi) is 6.15. The number of hydrazone groups is 1. The Morgan fingerprint density at radius 1 is 1.22 bits per heavy atom. The minimum absolute atomic E-state index is 0.249. The lowest BCUT2D eigenvalue weighted by Crippen LogP contribution is -2.17. The molecule has 0 unspecified atom stereocenters. The van der Waals surface area contributed by atoms with Gasteiger partial charge in [0.15, 0.2) is 0 Å². The number of benzene rings is 2. The molecule has 0 saturated heterocycles. The quantitative estimate of drug-likeness (QED) is 0.447. The molecule has 0 fully saturated rings. The Balaban J connectivity index is 1.99. The number of nitrogens with zero attached hydrogens (tertiary/aromatic N) is 1. The number of hydrogen-bond donors (Lipinski definition) is 1. The van der Waals surface area contributed by atoms with Gasteiger partial charge in [0.25, 0.3) is 5.91 Å². The third-order valence-corrected chi connectivity index (χ3v) is 4.24. The van der Waals surface area contributed by atoms with Gasteiger partial charge in [-0.1, -0.05) is 38.1 Å². The van der Waals surface area contributed by atoms with Crippen molar-refractivity contribution in [3.63, 3.8) is 0 Å². The highest BCUT2D eigenvalue weighted by molar-refractivity contribution is 14.1. The van der Waals surface area contributed by atoms with Crippen LogP contribution in [0, 0.1) is 3.57 Å². The minimum atomic E-state index is -0.249. The SMILES string of the molecule is COc1ccc(C(=O)N/N=C/c2ccc(C(C)C)cc2)cc1I. The Labute approximate surface area is 150 Å². The maximum atomic E-state index is 12.1. The summed E-state index contributed by atoms with van der Waals surface area (Å²) in [5.41, 5.74) is 5.30. The molecule has 1 N–H and O–H groups in total. The molecule has 0 aromatic heterocycles. The normalized spacial score (nSPS) is 11.0. The minimum Gasteiger partial charge on any atom is -0.496 e. The molecule has 4 nitrogen and oxygen atoms in total. The number of amides is 1. The molecule has 0 atom stereocenters. The zero-order chi connectivity index (χ0) is 16.8. The first kappa shape index (κ1) is 17.5. The van der Waals surface area contributed by atoms with Crippen molar-refractivity contribution in [2.75, 3.05) is 7.11 Å². The highest BCUT2D eigenvalue weighted by atomic mass is 127. The Morgan fingerprint density at radius 2 is 1.91 bits per heavy atom. The van der Waals surface area contributed by atoms with Gasteiger partial charge in [-0.15, -0.1) is 0 Å². The van der Waals surface area contributed by atoms with Crippen LogP contribution in [-0.4, -0.2) is 19.2 Å². The molecule has 0 aliphatic heterocycles. The smallest absolute Gasteiger partial charge is 0.271 e. The molecule has 0 saturated carbocycles. The number of carbonyl (C=O) groups is 1. The van der Waals surface area contributed by atoms with E-state index in [1.165, 1.54) is 5.56 Å². The van der Waals surface area contributed by atoms with Crippen LogP contribution in [-0.2, 0) is 0 Å². The van der Waals surface area contributed by atoms with E-state index in [4.69, 9.17) is 4.74 Å². The number of rotatable bonds is 5. The third-order valence-electron chi connectivity index (χ3n) is 3.40. The lowest BCUT2D eigenvalue weighted by Gasteiger charge is -2.05. The van der Waals surface area contributed by atoms with Crippen molar-refractivity contribution in [1.29, 1.82) is 0 Å². The van der Waals surface area contributed by atoms with Gasteiger partial charge in [-0.3, -0.25) is 4.79 Å². The largest absolute Gasteiger partial charge is 0.496 e. The van der Waals surface area contributed by atoms with Crippen LogP contribution < -0.4 is 10.2 Å². The van der Waals surface area contributed by atoms with Gasteiger partial charge in [0, 0.05) is 5.56 Å². The van der Waals surface area contributed by atoms with Crippen LogP contribution in [0.15, 0.2) is 47.6 Å². The Bertz CT molecular complexity index is 709. The maximum absolute atomic E-state index is 12.1. The molecule has 120 valence electrons. The van der Waals surface area contributed by atoms with Crippen LogP contribution in [0.2, 0.25) is 0 Å². The first-order chi connectivity index (χ1) is 11.0. The van der Waals surface area contributed by atoms with Crippen LogP contribution in [0.3, 0.4) is 0 Å². The van der Waals surface area contributed by atoms with Crippen molar-refractivity contribution >= 4 is 34.7 Å². The van der Waals surface area contributed by atoms with E-state index in [0.717, 1.165) is 14.9 Å². The lowest BCUT2D eigenvalue weighted by molar-refractivity contribution is 0.0955. The molecule has 0 bridgehead atoms. The summed E-state index contributed by atoms with van der Waals surface area (Å²) in [4.78, 5) is 12.1. The van der Waals surface area contributed by atoms with E-state index >= 15 is 0 Å². The molecule has 2 aromatic rings. The van der Waals surface area contributed by atoms with Crippen molar-refractivity contribution < 1.29 is 9.53 Å². The van der Waals surface area contributed by atoms with Gasteiger partial charge in [0.1, 0.15) is 5.75 Å². The van der Waals surface area contributed by atoms with Gasteiger partial charge >= 0.3 is 0 Å². The van der Waals surface area contributed by atoms with Crippen LogP contribution in [0.5, 0.6) is 5.75 Å². The molecule has 2 rings (SSSR count). The number of nitrogens with one attached hydrogen (secondary N) is 1. The summed E-state index contributed by atoms with van der Waals surface area (Å²) in [6.07, 6.45) is 1.64. The molecule has 0 radical (unpaired) electrons. The van der Waals surface area contributed by atoms with Crippen molar-refractivity contribution in [2.45, 2.75) is 19.8 Å². The van der Waals surface area contributed by atoms with Crippen LogP contribution >= 0.6 is 22.6 Å². The summed E-state index contributed by atoms with van der Waals surface area (Å²) in [6.45, 7) is 4.30. The Morgan fingerprint density at radius 3 is 2.48 bits per heavy atom. The Hall–Kier alpha value is -1.89. The highest BCUT2D eigenvalue weighted by Crippen LogP contribution is 2.21. The van der Waals surface area contributed by atoms with Gasteiger partial charge in [-0.05, 0) is 57.8 Å². The third kappa shape index (κ3) is 4.79. The van der Waals surface area contributed by atoms with E-state index in [1.54, 1.807) is 31.5 Å². The predicted molar refractivity (Wildman–Crippen MR) is 101 cm³/mol. The fourth-order valence-corrected chi connectivity index (χ4v) is 2.74. The standard InChI is InChI=1S/C18H19IN2O2/c1-12(2)14-6-4-13(5-7-14)11-20-21-18(22)15-8-9-17(23-3)16(19)10-15/h4-12H,1-3H3,(H,21,22)/b20-11+. The van der Waals surface area contributed by atoms with E-state index in [0.29, 0.717) is 11.5 Å². The van der Waals surface area contributed by atoms with E-state index in [-0.39, 0.29) is 5.91 Å². The van der Waals surface area contributed by atoms with E-state index in [2.05, 4.69) is 59.1 Å². The summed E-state index contributed by atoms with van der Waals surface area (Å²) in [7, 11) is 1.60. The number of ether oxygens (including phenoxy) is 1. The number of methoxy groups -OCH3 is 1. The van der Waals surface area contributed by atoms with Gasteiger partial charge in [-0.25, -0.2) is 5.43 Å². The summed E-state index contributed by atoms with van der Waals surface area (Å²) in [6, 6.07) is 13.4. The maximum Gasteiger partial charge on any atom is 0.271 e. The molecular formula is C18H19IN2O2. The van der Waals surface area contributed by atoms with Gasteiger partial charge in [-0.2, -0.15) is 5.10 Å². The van der Waals surface area contributed by atoms with Crippen molar-refractivity contribution in [2.24, 2.45) is 5.10 Å². The monoisotopic (exact) mass is 422 g/mol. The topological polar surface area (TPSA) is 50.7 Å². The second-order valence-electron chi connectivity index (χ2n) is 5.37. The molecular weight excluding hydrogens is 403 g/mol. The summed E-state index contributed by atoms with van der Waals surface area (Å²) in [5.74, 6) is 0.995. The van der Waals surface area contributed by atoms with Gasteiger partial charge in [0.05, 0.1) is 16.9 Å². The zero-order valence-electron chi connectivity index (χ0n) is 13.3. The number of halogens is 1. The fourth-order valence-electron chi connectivity index (χ4n) is 2.00. The van der Waals surface area contributed by atoms with Crippen LogP contribution in [0.4, 0.5) is 0 Å². The average molecular weight is 422 g/mol. The number of hydrogen-bond acceptors (Lipinski definition) is 3. The molecule has 23 heavy (non-hydrogen) atoms. The molecule has 5 heteroatoms. The molecule has 0 aliphatic carbocycles. The van der Waals surface area contributed by atoms with Crippen LogP contribution in [0.25, 0.3) is 0 Å². The summed E-state index contributed by atoms with van der Waals surface area (Å²) >= 11 is 2.13. The van der Waals surface area contributed by atoms with E-state index in [9.17, 15) is 4.79 Å². The molecule has 0 heterocycles. The molecule has 0 spiro atoms. The first-order valence-corrected chi connectivity index (χ1v) is 8.36. The lowest BCUT2D eigenvalue weighted by atomic mass is 10.0. The van der Waals surface area contributed by atoms with E-state index in [1.807, 2.05) is 12.1 Å². The fraction of sp³-hybridized carbons (Fsp3) is 0.222. The van der Waals surface area contributed by atoms with Crippen molar-refractivity contribution in [3.8, 4) is 5.75 Å². The molecule has 1 amide bonds. The molecule has 2 aromatic carbocycles. The zero-order valence-corrected chi connectivity index (χ0v) is 15.5. The second-order valence-corrected chi connectivity index (χ2v) is 6.53. The average Bonchev–Trinajstić information content (AvgIpc) is 2.55. The first-order valence-electron chi connectivity index (χ1n) is 7.28. The predicted octanol–water partition coefficient (Wildman–Crippen LogP) is 4.19. The molecule has 0 aliphatic rings. The summed E-state index contributed by atoms with van der Waals surface area (Å²) < 4.78 is 6.06. The van der Waals surface area contributed by atoms with Crippen LogP contribution in [0.1, 0.15) is 41.3 Å². The summed E-state index contributed by atoms with van der Waals surface area (Å²) in [5, 5.41) is 4.01. The number of carbonyl (C=O) groups excluding carboxylic acids is 1. The van der Waals surface area contributed by atoms with Crippen molar-refractivity contribution in [3.05, 3.63) is 62.7 Å². The van der Waals surface area contributed by atoms with Crippen molar-refractivity contribution in [1.82, 2.24) is 5.43 Å². The van der Waals surface area contributed by atoms with Gasteiger partial charge in [0.2, 0.25) is 0 Å². The second kappa shape index (κ2) is 8.10. The van der Waals surface area contributed by atoms with Gasteiger partial charge < -0.3 is 4.74 Å².